The van der Waals surface area contributed by atoms with E-state index in [1.165, 1.54) is 0 Å². The maximum Gasteiger partial charge on any atom is 0.200 e. The third-order valence-corrected chi connectivity index (χ3v) is 4.02. The van der Waals surface area contributed by atoms with E-state index in [2.05, 4.69) is 0 Å². The molecule has 0 saturated heterocycles. The fourth-order valence-electron chi connectivity index (χ4n) is 2.80. The molecule has 0 N–H and O–H groups in total. The summed E-state index contributed by atoms with van der Waals surface area (Å²) in [6.45, 7) is 3.96. The van der Waals surface area contributed by atoms with Gasteiger partial charge >= 0.3 is 0 Å². The van der Waals surface area contributed by atoms with Crippen LogP contribution in [-0.4, -0.2) is 0 Å². The van der Waals surface area contributed by atoms with Gasteiger partial charge in [-0.1, -0.05) is 29.8 Å². The van der Waals surface area contributed by atoms with Crippen molar-refractivity contribution in [1.82, 2.24) is 0 Å². The summed E-state index contributed by atoms with van der Waals surface area (Å²) in [6.07, 6.45) is 3.22. The van der Waals surface area contributed by atoms with Crippen LogP contribution in [0, 0.1) is 13.8 Å². The minimum Gasteiger partial charge on any atom is -0.464 e. The smallest absolute Gasteiger partial charge is 0.200 e. The zero-order valence-electron chi connectivity index (χ0n) is 12.3. The summed E-state index contributed by atoms with van der Waals surface area (Å²) in [5.74, 6) is 0. The van der Waals surface area contributed by atoms with Gasteiger partial charge in [0.1, 0.15) is 17.4 Å². The van der Waals surface area contributed by atoms with Crippen LogP contribution in [0.2, 0.25) is 0 Å². The van der Waals surface area contributed by atoms with Gasteiger partial charge in [-0.05, 0) is 37.1 Å². The Hall–Kier alpha value is -2.81. The van der Waals surface area contributed by atoms with E-state index < -0.39 is 0 Å². The average molecular weight is 290 g/mol. The second-order valence-corrected chi connectivity index (χ2v) is 5.58. The Kier molecular flexibility index (Phi) is 2.70. The number of hydrogen-bond donors (Lipinski definition) is 0. The largest absolute Gasteiger partial charge is 0.464 e. The topological polar surface area (TPSA) is 43.4 Å². The van der Waals surface area contributed by atoms with Crippen LogP contribution in [0.1, 0.15) is 11.1 Å². The highest BCUT2D eigenvalue weighted by Gasteiger charge is 2.14. The summed E-state index contributed by atoms with van der Waals surface area (Å²) in [4.78, 5) is 12.8. The van der Waals surface area contributed by atoms with Crippen LogP contribution < -0.4 is 5.43 Å². The molecule has 0 aliphatic carbocycles. The zero-order chi connectivity index (χ0) is 15.3. The van der Waals surface area contributed by atoms with Crippen molar-refractivity contribution < 1.29 is 8.83 Å². The quantitative estimate of drug-likeness (QED) is 0.504. The summed E-state index contributed by atoms with van der Waals surface area (Å²) >= 11 is 0. The first-order valence-electron chi connectivity index (χ1n) is 7.14. The van der Waals surface area contributed by atoms with Crippen LogP contribution in [0.5, 0.6) is 0 Å². The first-order chi connectivity index (χ1) is 10.6. The number of fused-ring (bicyclic) bond motifs is 3. The zero-order valence-corrected chi connectivity index (χ0v) is 12.3. The first-order valence-corrected chi connectivity index (χ1v) is 7.14. The third kappa shape index (κ3) is 1.79. The second-order valence-electron chi connectivity index (χ2n) is 5.58. The van der Waals surface area contributed by atoms with Gasteiger partial charge < -0.3 is 8.83 Å². The average Bonchev–Trinajstić information content (AvgIpc) is 2.91. The highest BCUT2D eigenvalue weighted by Crippen LogP contribution is 2.29. The lowest BCUT2D eigenvalue weighted by atomic mass is 10.0. The molecule has 0 amide bonds. The van der Waals surface area contributed by atoms with E-state index in [9.17, 15) is 4.79 Å². The van der Waals surface area contributed by atoms with Crippen LogP contribution in [0.4, 0.5) is 0 Å². The number of aryl methyl sites for hydroxylation is 2. The summed E-state index contributed by atoms with van der Waals surface area (Å²) < 4.78 is 11.3. The highest BCUT2D eigenvalue weighted by atomic mass is 16.3. The number of benzene rings is 2. The molecular formula is C19H14O3. The van der Waals surface area contributed by atoms with Gasteiger partial charge in [-0.2, -0.15) is 0 Å². The van der Waals surface area contributed by atoms with Crippen molar-refractivity contribution in [2.45, 2.75) is 13.8 Å². The minimum atomic E-state index is -0.0207. The lowest BCUT2D eigenvalue weighted by Gasteiger charge is -2.04. The van der Waals surface area contributed by atoms with Crippen molar-refractivity contribution in [3.8, 4) is 11.1 Å². The van der Waals surface area contributed by atoms with E-state index in [4.69, 9.17) is 8.83 Å². The molecule has 3 nitrogen and oxygen atoms in total. The SMILES string of the molecule is Cc1ccc(-c2coc3c(ccc4occ(C)c43)c2=O)cc1. The van der Waals surface area contributed by atoms with E-state index in [1.54, 1.807) is 18.6 Å². The van der Waals surface area contributed by atoms with Gasteiger partial charge in [-0.25, -0.2) is 0 Å². The third-order valence-electron chi connectivity index (χ3n) is 4.02. The van der Waals surface area contributed by atoms with Gasteiger partial charge in [0, 0.05) is 0 Å². The van der Waals surface area contributed by atoms with Crippen molar-refractivity contribution in [2.75, 3.05) is 0 Å². The Balaban J connectivity index is 2.06. The van der Waals surface area contributed by atoms with Gasteiger partial charge in [0.25, 0.3) is 0 Å². The molecule has 0 unspecified atom stereocenters. The van der Waals surface area contributed by atoms with Crippen LogP contribution >= 0.6 is 0 Å². The van der Waals surface area contributed by atoms with Gasteiger partial charge in [0.15, 0.2) is 0 Å². The van der Waals surface area contributed by atoms with E-state index in [0.29, 0.717) is 16.5 Å². The predicted molar refractivity (Wildman–Crippen MR) is 87.2 cm³/mol. The summed E-state index contributed by atoms with van der Waals surface area (Å²) in [6, 6.07) is 11.4. The number of rotatable bonds is 1. The minimum absolute atomic E-state index is 0.0207. The Morgan fingerprint density at radius 2 is 1.64 bits per heavy atom. The molecule has 3 heteroatoms. The lowest BCUT2D eigenvalue weighted by Crippen LogP contribution is -2.04. The molecule has 0 aliphatic rings. The molecule has 0 saturated carbocycles. The van der Waals surface area contributed by atoms with Crippen molar-refractivity contribution in [3.05, 3.63) is 70.3 Å². The lowest BCUT2D eigenvalue weighted by molar-refractivity contribution is 0.604. The predicted octanol–water partition coefficient (Wildman–Crippen LogP) is 4.82. The highest BCUT2D eigenvalue weighted by molar-refractivity contribution is 6.04. The Morgan fingerprint density at radius 3 is 2.41 bits per heavy atom. The molecule has 22 heavy (non-hydrogen) atoms. The Bertz CT molecular complexity index is 1050. The van der Waals surface area contributed by atoms with Crippen molar-refractivity contribution in [1.29, 1.82) is 0 Å². The Morgan fingerprint density at radius 1 is 0.864 bits per heavy atom. The molecule has 0 bridgehead atoms. The van der Waals surface area contributed by atoms with Gasteiger partial charge in [0.2, 0.25) is 5.43 Å². The molecule has 4 aromatic rings. The maximum absolute atomic E-state index is 12.8. The fourth-order valence-corrected chi connectivity index (χ4v) is 2.80. The van der Waals surface area contributed by atoms with Gasteiger partial charge in [0.05, 0.1) is 22.6 Å². The van der Waals surface area contributed by atoms with Crippen LogP contribution in [0.25, 0.3) is 33.1 Å². The molecule has 0 fully saturated rings. The Labute approximate surface area is 126 Å². The van der Waals surface area contributed by atoms with Crippen molar-refractivity contribution >= 4 is 21.9 Å². The van der Waals surface area contributed by atoms with Gasteiger partial charge in [-0.15, -0.1) is 0 Å². The van der Waals surface area contributed by atoms with Crippen LogP contribution in [-0.2, 0) is 0 Å². The van der Waals surface area contributed by atoms with Crippen molar-refractivity contribution in [2.24, 2.45) is 0 Å². The summed E-state index contributed by atoms with van der Waals surface area (Å²) in [7, 11) is 0. The van der Waals surface area contributed by atoms with Gasteiger partial charge in [-0.3, -0.25) is 4.79 Å². The molecule has 0 radical (unpaired) electrons. The van der Waals surface area contributed by atoms with Crippen LogP contribution in [0.3, 0.4) is 0 Å². The second kappa shape index (κ2) is 4.60. The van der Waals surface area contributed by atoms with E-state index in [0.717, 1.165) is 27.7 Å². The molecule has 2 aromatic heterocycles. The molecule has 108 valence electrons. The van der Waals surface area contributed by atoms with E-state index >= 15 is 0 Å². The molecule has 0 spiro atoms. The van der Waals surface area contributed by atoms with Crippen LogP contribution in [0.15, 0.2) is 62.6 Å². The first kappa shape index (κ1) is 12.9. The summed E-state index contributed by atoms with van der Waals surface area (Å²) in [5.41, 5.74) is 4.86. The van der Waals surface area contributed by atoms with Crippen molar-refractivity contribution in [3.63, 3.8) is 0 Å². The van der Waals surface area contributed by atoms with E-state index in [1.807, 2.05) is 44.2 Å². The molecule has 0 aliphatic heterocycles. The number of hydrogen-bond acceptors (Lipinski definition) is 3. The normalized spacial score (nSPS) is 11.4. The summed E-state index contributed by atoms with van der Waals surface area (Å²) in [5, 5.41) is 1.44. The molecule has 2 heterocycles. The fraction of sp³-hybridized carbons (Fsp3) is 0.105. The molecule has 2 aromatic carbocycles. The molecular weight excluding hydrogens is 276 g/mol. The number of furan rings is 1. The standard InChI is InChI=1S/C19H14O3/c1-11-3-5-13(6-4-11)15-10-22-19-14(18(15)20)7-8-16-17(19)12(2)9-21-16/h3-10H,1-2H3. The monoisotopic (exact) mass is 290 g/mol. The maximum atomic E-state index is 12.8. The molecule has 4 rings (SSSR count). The molecule has 0 atom stereocenters. The van der Waals surface area contributed by atoms with E-state index in [-0.39, 0.29) is 5.43 Å².